The molecule has 0 aromatic heterocycles. The molecule has 1 N–H and O–H groups in total. The SMILES string of the molecule is CO[B]NCCC(C)c1cccc(SCC2CCCCC2)c1. The maximum absolute atomic E-state index is 4.90. The zero-order valence-corrected chi connectivity index (χ0v) is 14.8. The molecule has 0 aliphatic heterocycles. The van der Waals surface area contributed by atoms with E-state index < -0.39 is 0 Å². The summed E-state index contributed by atoms with van der Waals surface area (Å²) in [5.74, 6) is 2.81. The first kappa shape index (κ1) is 17.9. The largest absolute Gasteiger partial charge is 0.427 e. The number of benzene rings is 1. The van der Waals surface area contributed by atoms with E-state index in [0.717, 1.165) is 18.9 Å². The maximum Gasteiger partial charge on any atom is 0.395 e. The molecular weight excluding hydrogens is 289 g/mol. The second-order valence-electron chi connectivity index (χ2n) is 6.38. The summed E-state index contributed by atoms with van der Waals surface area (Å²) in [6, 6.07) is 9.12. The molecule has 0 heterocycles. The van der Waals surface area contributed by atoms with Crippen LogP contribution in [-0.4, -0.2) is 27.0 Å². The Kier molecular flexibility index (Phi) is 8.42. The third-order valence-electron chi connectivity index (χ3n) is 4.56. The molecule has 1 aromatic rings. The first-order valence-corrected chi connectivity index (χ1v) is 9.58. The summed E-state index contributed by atoms with van der Waals surface area (Å²) in [5, 5.41) is 3.17. The van der Waals surface area contributed by atoms with Crippen LogP contribution in [0.3, 0.4) is 0 Å². The van der Waals surface area contributed by atoms with Crippen LogP contribution in [0, 0.1) is 5.92 Å². The highest BCUT2D eigenvalue weighted by molar-refractivity contribution is 7.99. The summed E-state index contributed by atoms with van der Waals surface area (Å²) in [6.07, 6.45) is 8.32. The second kappa shape index (κ2) is 10.4. The topological polar surface area (TPSA) is 21.3 Å². The molecule has 1 unspecified atom stereocenters. The average Bonchev–Trinajstić information content (AvgIpc) is 2.58. The lowest BCUT2D eigenvalue weighted by Crippen LogP contribution is -2.23. The van der Waals surface area contributed by atoms with Crippen LogP contribution >= 0.6 is 11.8 Å². The smallest absolute Gasteiger partial charge is 0.395 e. The number of hydrogen-bond donors (Lipinski definition) is 1. The van der Waals surface area contributed by atoms with Crippen LogP contribution in [0.1, 0.15) is 56.9 Å². The van der Waals surface area contributed by atoms with Crippen molar-refractivity contribution in [1.82, 2.24) is 5.23 Å². The normalized spacial score (nSPS) is 17.4. The second-order valence-corrected chi connectivity index (χ2v) is 7.48. The zero-order valence-electron chi connectivity index (χ0n) is 14.0. The van der Waals surface area contributed by atoms with Crippen molar-refractivity contribution in [3.63, 3.8) is 0 Å². The summed E-state index contributed by atoms with van der Waals surface area (Å²) >= 11 is 2.05. The van der Waals surface area contributed by atoms with Gasteiger partial charge in [-0.2, -0.15) is 0 Å². The highest BCUT2D eigenvalue weighted by atomic mass is 32.2. The Bertz CT molecular complexity index is 423. The van der Waals surface area contributed by atoms with Gasteiger partial charge in [-0.15, -0.1) is 11.8 Å². The van der Waals surface area contributed by atoms with Gasteiger partial charge >= 0.3 is 7.62 Å². The van der Waals surface area contributed by atoms with Crippen molar-refractivity contribution in [2.24, 2.45) is 5.92 Å². The van der Waals surface area contributed by atoms with E-state index in [4.69, 9.17) is 4.65 Å². The molecule has 1 atom stereocenters. The Morgan fingerprint density at radius 2 is 2.14 bits per heavy atom. The van der Waals surface area contributed by atoms with Crippen molar-refractivity contribution in [3.8, 4) is 0 Å². The maximum atomic E-state index is 4.90. The predicted molar refractivity (Wildman–Crippen MR) is 97.5 cm³/mol. The highest BCUT2D eigenvalue weighted by Crippen LogP contribution is 2.31. The number of nitrogens with one attached hydrogen (secondary N) is 1. The molecular formula is C18H29BNOS. The molecule has 0 amide bonds. The van der Waals surface area contributed by atoms with E-state index in [1.165, 1.54) is 48.3 Å². The molecule has 2 rings (SSSR count). The van der Waals surface area contributed by atoms with Crippen molar-refractivity contribution >= 4 is 19.4 Å². The highest BCUT2D eigenvalue weighted by Gasteiger charge is 2.14. The van der Waals surface area contributed by atoms with Gasteiger partial charge in [-0.05, 0) is 55.3 Å². The van der Waals surface area contributed by atoms with Crippen molar-refractivity contribution in [1.29, 1.82) is 0 Å². The van der Waals surface area contributed by atoms with Crippen molar-refractivity contribution in [2.45, 2.75) is 56.3 Å². The lowest BCUT2D eigenvalue weighted by Gasteiger charge is -2.21. The third-order valence-corrected chi connectivity index (χ3v) is 5.79. The van der Waals surface area contributed by atoms with E-state index in [2.05, 4.69) is 36.4 Å². The molecule has 121 valence electrons. The van der Waals surface area contributed by atoms with Gasteiger partial charge in [0.2, 0.25) is 0 Å². The van der Waals surface area contributed by atoms with Crippen LogP contribution in [0.5, 0.6) is 0 Å². The van der Waals surface area contributed by atoms with Gasteiger partial charge < -0.3 is 9.88 Å². The monoisotopic (exact) mass is 318 g/mol. The summed E-state index contributed by atoms with van der Waals surface area (Å²) in [4.78, 5) is 1.44. The molecule has 1 aliphatic carbocycles. The van der Waals surface area contributed by atoms with Gasteiger partial charge in [-0.1, -0.05) is 38.3 Å². The van der Waals surface area contributed by atoms with E-state index in [-0.39, 0.29) is 0 Å². The fourth-order valence-corrected chi connectivity index (χ4v) is 4.24. The van der Waals surface area contributed by atoms with Crippen LogP contribution in [0.25, 0.3) is 0 Å². The predicted octanol–water partition coefficient (Wildman–Crippen LogP) is 4.62. The Balaban J connectivity index is 1.78. The Hall–Kier alpha value is -0.445. The minimum absolute atomic E-state index is 0.577. The van der Waals surface area contributed by atoms with E-state index >= 15 is 0 Å². The average molecular weight is 318 g/mol. The minimum atomic E-state index is 0.577. The van der Waals surface area contributed by atoms with Crippen molar-refractivity contribution in [2.75, 3.05) is 19.4 Å². The molecule has 1 aromatic carbocycles. The van der Waals surface area contributed by atoms with Crippen LogP contribution in [0.4, 0.5) is 0 Å². The first-order valence-electron chi connectivity index (χ1n) is 8.60. The summed E-state index contributed by atoms with van der Waals surface area (Å²) in [6.45, 7) is 3.26. The summed E-state index contributed by atoms with van der Waals surface area (Å²) in [5.41, 5.74) is 1.45. The molecule has 1 saturated carbocycles. The Morgan fingerprint density at radius 3 is 2.91 bits per heavy atom. The van der Waals surface area contributed by atoms with Gasteiger partial charge in [0.05, 0.1) is 0 Å². The lowest BCUT2D eigenvalue weighted by molar-refractivity contribution is 0.391. The van der Waals surface area contributed by atoms with Gasteiger partial charge in [0.25, 0.3) is 0 Å². The molecule has 0 spiro atoms. The van der Waals surface area contributed by atoms with E-state index in [1.54, 1.807) is 14.7 Å². The quantitative estimate of drug-likeness (QED) is 0.408. The van der Waals surface area contributed by atoms with Crippen molar-refractivity contribution in [3.05, 3.63) is 29.8 Å². The van der Waals surface area contributed by atoms with E-state index in [9.17, 15) is 0 Å². The van der Waals surface area contributed by atoms with Crippen molar-refractivity contribution < 1.29 is 4.65 Å². The zero-order chi connectivity index (χ0) is 15.6. The molecule has 1 aliphatic rings. The minimum Gasteiger partial charge on any atom is -0.427 e. The lowest BCUT2D eigenvalue weighted by atomic mass is 9.91. The molecule has 1 radical (unpaired) electrons. The van der Waals surface area contributed by atoms with Gasteiger partial charge in [0, 0.05) is 17.8 Å². The van der Waals surface area contributed by atoms with E-state index in [1.807, 2.05) is 11.8 Å². The first-order chi connectivity index (χ1) is 10.8. The molecule has 1 fully saturated rings. The molecule has 2 nitrogen and oxygen atoms in total. The molecule has 0 saturated heterocycles. The van der Waals surface area contributed by atoms with Crippen LogP contribution in [0.2, 0.25) is 0 Å². The van der Waals surface area contributed by atoms with E-state index in [0.29, 0.717) is 5.92 Å². The molecule has 22 heavy (non-hydrogen) atoms. The van der Waals surface area contributed by atoms with Crippen LogP contribution in [0.15, 0.2) is 29.2 Å². The fraction of sp³-hybridized carbons (Fsp3) is 0.667. The van der Waals surface area contributed by atoms with Gasteiger partial charge in [-0.3, -0.25) is 0 Å². The van der Waals surface area contributed by atoms with Crippen LogP contribution < -0.4 is 5.23 Å². The van der Waals surface area contributed by atoms with Gasteiger partial charge in [0.1, 0.15) is 0 Å². The Morgan fingerprint density at radius 1 is 1.32 bits per heavy atom. The Labute approximate surface area is 141 Å². The molecule has 4 heteroatoms. The molecule has 0 bridgehead atoms. The fourth-order valence-electron chi connectivity index (χ4n) is 3.09. The standard InChI is InChI=1S/C18H29BNOS/c1-15(11-12-20-19-21-2)17-9-6-10-18(13-17)22-14-16-7-4-3-5-8-16/h6,9-10,13,15-16,20H,3-5,7-8,11-12,14H2,1-2H3. The number of thioether (sulfide) groups is 1. The van der Waals surface area contributed by atoms with Gasteiger partial charge in [-0.25, -0.2) is 0 Å². The summed E-state index contributed by atoms with van der Waals surface area (Å²) in [7, 11) is 3.33. The van der Waals surface area contributed by atoms with Gasteiger partial charge in [0.15, 0.2) is 0 Å². The summed E-state index contributed by atoms with van der Waals surface area (Å²) < 4.78 is 4.90. The third kappa shape index (κ3) is 6.35. The number of rotatable bonds is 9. The number of hydrogen-bond acceptors (Lipinski definition) is 3. The van der Waals surface area contributed by atoms with Crippen LogP contribution in [-0.2, 0) is 4.65 Å².